The number of hydrogen-bond donors (Lipinski definition) is 0. The van der Waals surface area contributed by atoms with Crippen LogP contribution in [0.3, 0.4) is 0 Å². The molecule has 1 aromatic heterocycles. The maximum absolute atomic E-state index is 13.3. The van der Waals surface area contributed by atoms with E-state index in [2.05, 4.69) is 10.9 Å². The molecule has 6 nitrogen and oxygen atoms in total. The number of nitro groups is 1. The molecule has 0 aliphatic carbocycles. The highest BCUT2D eigenvalue weighted by molar-refractivity contribution is 7.16. The number of hydrogen-bond acceptors (Lipinski definition) is 4. The fourth-order valence-corrected chi connectivity index (χ4v) is 3.34. The standard InChI is InChI=1S/C17H10FN3O3S/c1-2-8-20-14-7-6-13(21(23)24)10-15(14)25-17(20)19-16(22)11-4-3-5-12(18)9-11/h1,3-7,9-10H,8H2. The van der Waals surface area contributed by atoms with Crippen LogP contribution in [-0.2, 0) is 6.54 Å². The quantitative estimate of drug-likeness (QED) is 0.411. The van der Waals surface area contributed by atoms with Gasteiger partial charge < -0.3 is 4.57 Å². The molecule has 3 rings (SSSR count). The first-order chi connectivity index (χ1) is 12.0. The summed E-state index contributed by atoms with van der Waals surface area (Å²) < 4.78 is 15.5. The Kier molecular flexibility index (Phi) is 4.41. The summed E-state index contributed by atoms with van der Waals surface area (Å²) in [5, 5.41) is 10.9. The zero-order chi connectivity index (χ0) is 18.0. The number of carbonyl (C=O) groups excluding carboxylic acids is 1. The van der Waals surface area contributed by atoms with Crippen LogP contribution in [-0.4, -0.2) is 15.4 Å². The summed E-state index contributed by atoms with van der Waals surface area (Å²) in [5.41, 5.74) is 0.680. The number of fused-ring (bicyclic) bond motifs is 1. The van der Waals surface area contributed by atoms with Gasteiger partial charge in [-0.3, -0.25) is 14.9 Å². The van der Waals surface area contributed by atoms with Gasteiger partial charge in [0.1, 0.15) is 5.82 Å². The highest BCUT2D eigenvalue weighted by Gasteiger charge is 2.13. The van der Waals surface area contributed by atoms with E-state index < -0.39 is 16.6 Å². The van der Waals surface area contributed by atoms with Gasteiger partial charge in [0.05, 0.1) is 21.7 Å². The lowest BCUT2D eigenvalue weighted by Gasteiger charge is -2.00. The minimum Gasteiger partial charge on any atom is -0.305 e. The Bertz CT molecular complexity index is 1110. The largest absolute Gasteiger partial charge is 0.305 e. The molecular weight excluding hydrogens is 345 g/mol. The molecule has 25 heavy (non-hydrogen) atoms. The van der Waals surface area contributed by atoms with Crippen molar-refractivity contribution in [3.8, 4) is 12.3 Å². The van der Waals surface area contributed by atoms with E-state index in [4.69, 9.17) is 6.42 Å². The van der Waals surface area contributed by atoms with Gasteiger partial charge in [-0.2, -0.15) is 4.99 Å². The van der Waals surface area contributed by atoms with E-state index in [0.717, 1.165) is 17.4 Å². The summed E-state index contributed by atoms with van der Waals surface area (Å²) in [6, 6.07) is 9.52. The number of terminal acetylenes is 1. The number of benzene rings is 2. The summed E-state index contributed by atoms with van der Waals surface area (Å²) in [5.74, 6) is 1.31. The predicted octanol–water partition coefficient (Wildman–Crippen LogP) is 3.12. The Morgan fingerprint density at radius 2 is 2.16 bits per heavy atom. The molecule has 0 N–H and O–H groups in total. The van der Waals surface area contributed by atoms with Gasteiger partial charge in [-0.1, -0.05) is 23.3 Å². The van der Waals surface area contributed by atoms with Crippen molar-refractivity contribution in [2.24, 2.45) is 4.99 Å². The smallest absolute Gasteiger partial charge is 0.279 e. The van der Waals surface area contributed by atoms with Crippen LogP contribution in [0.2, 0.25) is 0 Å². The van der Waals surface area contributed by atoms with Crippen LogP contribution in [0.1, 0.15) is 10.4 Å². The Balaban J connectivity index is 2.17. The van der Waals surface area contributed by atoms with Gasteiger partial charge in [0.2, 0.25) is 0 Å². The number of nitrogens with zero attached hydrogens (tertiary/aromatic N) is 3. The van der Waals surface area contributed by atoms with Crippen molar-refractivity contribution in [1.29, 1.82) is 0 Å². The molecular formula is C17H10FN3O3S. The molecule has 0 fully saturated rings. The zero-order valence-electron chi connectivity index (χ0n) is 12.7. The molecule has 0 atom stereocenters. The summed E-state index contributed by atoms with van der Waals surface area (Å²) in [6.07, 6.45) is 5.37. The maximum atomic E-state index is 13.3. The van der Waals surface area contributed by atoms with E-state index in [9.17, 15) is 19.3 Å². The molecule has 0 aliphatic heterocycles. The number of aromatic nitrogens is 1. The zero-order valence-corrected chi connectivity index (χ0v) is 13.5. The monoisotopic (exact) mass is 355 g/mol. The Labute approximate surface area is 145 Å². The van der Waals surface area contributed by atoms with Crippen molar-refractivity contribution in [3.63, 3.8) is 0 Å². The average Bonchev–Trinajstić information content (AvgIpc) is 2.92. The van der Waals surface area contributed by atoms with E-state index in [1.807, 2.05) is 0 Å². The predicted molar refractivity (Wildman–Crippen MR) is 91.6 cm³/mol. The van der Waals surface area contributed by atoms with Crippen LogP contribution in [0, 0.1) is 28.3 Å². The highest BCUT2D eigenvalue weighted by Crippen LogP contribution is 2.23. The van der Waals surface area contributed by atoms with Crippen molar-refractivity contribution < 1.29 is 14.1 Å². The number of amides is 1. The second-order valence-electron chi connectivity index (χ2n) is 5.01. The third-order valence-electron chi connectivity index (χ3n) is 3.40. The lowest BCUT2D eigenvalue weighted by Crippen LogP contribution is -2.16. The lowest BCUT2D eigenvalue weighted by atomic mass is 10.2. The number of rotatable bonds is 3. The van der Waals surface area contributed by atoms with Crippen molar-refractivity contribution >= 4 is 33.1 Å². The normalized spacial score (nSPS) is 11.4. The Morgan fingerprint density at radius 3 is 2.84 bits per heavy atom. The summed E-state index contributed by atoms with van der Waals surface area (Å²) in [7, 11) is 0. The lowest BCUT2D eigenvalue weighted by molar-refractivity contribution is -0.384. The van der Waals surface area contributed by atoms with Crippen LogP contribution in [0.5, 0.6) is 0 Å². The molecule has 0 spiro atoms. The maximum Gasteiger partial charge on any atom is 0.279 e. The molecule has 1 amide bonds. The second-order valence-corrected chi connectivity index (χ2v) is 6.02. The summed E-state index contributed by atoms with van der Waals surface area (Å²) in [4.78, 5) is 27.0. The van der Waals surface area contributed by atoms with Crippen LogP contribution in [0.15, 0.2) is 47.5 Å². The van der Waals surface area contributed by atoms with Crippen molar-refractivity contribution in [2.45, 2.75) is 6.54 Å². The third-order valence-corrected chi connectivity index (χ3v) is 4.44. The minimum absolute atomic E-state index is 0.0652. The van der Waals surface area contributed by atoms with Gasteiger partial charge in [-0.05, 0) is 24.3 Å². The fraction of sp³-hybridized carbons (Fsp3) is 0.0588. The minimum atomic E-state index is -0.619. The third kappa shape index (κ3) is 3.32. The van der Waals surface area contributed by atoms with Gasteiger partial charge in [-0.15, -0.1) is 6.42 Å². The average molecular weight is 355 g/mol. The number of thiazole rings is 1. The van der Waals surface area contributed by atoms with Crippen molar-refractivity contribution in [3.05, 3.63) is 68.8 Å². The highest BCUT2D eigenvalue weighted by atomic mass is 32.1. The molecule has 8 heteroatoms. The first kappa shape index (κ1) is 16.5. The number of non-ortho nitro benzene ring substituents is 1. The van der Waals surface area contributed by atoms with Crippen LogP contribution < -0.4 is 4.80 Å². The Morgan fingerprint density at radius 1 is 1.36 bits per heavy atom. The molecule has 0 unspecified atom stereocenters. The molecule has 0 bridgehead atoms. The van der Waals surface area contributed by atoms with Crippen LogP contribution in [0.4, 0.5) is 10.1 Å². The summed E-state index contributed by atoms with van der Waals surface area (Å²) in [6.45, 7) is 0.146. The van der Waals surface area contributed by atoms with E-state index in [1.54, 1.807) is 10.6 Å². The molecule has 0 aliphatic rings. The van der Waals surface area contributed by atoms with E-state index in [1.165, 1.54) is 30.3 Å². The van der Waals surface area contributed by atoms with E-state index >= 15 is 0 Å². The second kappa shape index (κ2) is 6.67. The van der Waals surface area contributed by atoms with Crippen LogP contribution in [0.25, 0.3) is 10.2 Å². The van der Waals surface area contributed by atoms with Gasteiger partial charge in [0.15, 0.2) is 4.80 Å². The molecule has 0 radical (unpaired) electrons. The summed E-state index contributed by atoms with van der Waals surface area (Å²) >= 11 is 1.10. The molecule has 2 aromatic carbocycles. The number of nitro benzene ring substituents is 1. The topological polar surface area (TPSA) is 77.5 Å². The van der Waals surface area contributed by atoms with Gasteiger partial charge >= 0.3 is 0 Å². The molecule has 124 valence electrons. The first-order valence-electron chi connectivity index (χ1n) is 7.05. The van der Waals surface area contributed by atoms with Gasteiger partial charge in [-0.25, -0.2) is 4.39 Å². The van der Waals surface area contributed by atoms with Gasteiger partial charge in [0, 0.05) is 17.7 Å². The van der Waals surface area contributed by atoms with E-state index in [-0.39, 0.29) is 17.8 Å². The number of halogens is 1. The van der Waals surface area contributed by atoms with Crippen LogP contribution >= 0.6 is 11.3 Å². The molecule has 0 saturated heterocycles. The van der Waals surface area contributed by atoms with E-state index in [0.29, 0.717) is 15.0 Å². The molecule has 0 saturated carbocycles. The Hall–Kier alpha value is -3.31. The van der Waals surface area contributed by atoms with Crippen molar-refractivity contribution in [2.75, 3.05) is 0 Å². The first-order valence-corrected chi connectivity index (χ1v) is 7.87. The van der Waals surface area contributed by atoms with Gasteiger partial charge in [0.25, 0.3) is 11.6 Å². The molecule has 1 heterocycles. The SMILES string of the molecule is C#CCn1c(=NC(=O)c2cccc(F)c2)sc2cc([N+](=O)[O-])ccc21. The number of carbonyl (C=O) groups is 1. The fourth-order valence-electron chi connectivity index (χ4n) is 2.28. The molecule has 3 aromatic rings. The van der Waals surface area contributed by atoms with Crippen molar-refractivity contribution in [1.82, 2.24) is 4.57 Å².